The third-order valence-electron chi connectivity index (χ3n) is 3.10. The quantitative estimate of drug-likeness (QED) is 0.694. The minimum absolute atomic E-state index is 0.385. The predicted molar refractivity (Wildman–Crippen MR) is 84.1 cm³/mol. The van der Waals surface area contributed by atoms with Crippen molar-refractivity contribution in [3.8, 4) is 0 Å². The van der Waals surface area contributed by atoms with Crippen molar-refractivity contribution in [1.29, 1.82) is 0 Å². The molecular weight excluding hydrogens is 262 g/mol. The van der Waals surface area contributed by atoms with Crippen molar-refractivity contribution in [2.24, 2.45) is 0 Å². The third-order valence-corrected chi connectivity index (χ3v) is 5.97. The molecule has 0 saturated heterocycles. The maximum absolute atomic E-state index is 12.3. The molecule has 1 aliphatic carbocycles. The highest BCUT2D eigenvalue weighted by atomic mass is 32.2. The van der Waals surface area contributed by atoms with Crippen molar-refractivity contribution in [3.63, 3.8) is 0 Å². The van der Waals surface area contributed by atoms with Gasteiger partial charge in [0.2, 0.25) is 0 Å². The van der Waals surface area contributed by atoms with Gasteiger partial charge in [0.1, 0.15) is 0 Å². The second kappa shape index (κ2) is 8.81. The minimum atomic E-state index is -0.811. The molecule has 4 heteroatoms. The molecule has 1 unspecified atom stereocenters. The van der Waals surface area contributed by atoms with E-state index < -0.39 is 10.8 Å². The third kappa shape index (κ3) is 5.61. The highest BCUT2D eigenvalue weighted by molar-refractivity contribution is 8.03. The summed E-state index contributed by atoms with van der Waals surface area (Å²) in [7, 11) is 3.23. The number of nitrogens with zero attached hydrogens (tertiary/aromatic N) is 1. The summed E-state index contributed by atoms with van der Waals surface area (Å²) in [5, 5.41) is 3.47. The lowest BCUT2D eigenvalue weighted by atomic mass is 10.0. The Kier molecular flexibility index (Phi) is 7.75. The summed E-state index contributed by atoms with van der Waals surface area (Å²) < 4.78 is 12.3. The molecule has 1 aliphatic rings. The smallest absolute Gasteiger partial charge is 0.0795 e. The summed E-state index contributed by atoms with van der Waals surface area (Å²) >= 11 is 1.75. The molecule has 1 fully saturated rings. The number of allylic oxidation sites excluding steroid dienone is 1. The Morgan fingerprint density at radius 1 is 1.33 bits per heavy atom. The number of hydrogen-bond donors (Lipinski definition) is 0. The van der Waals surface area contributed by atoms with Crippen molar-refractivity contribution >= 4 is 22.6 Å². The van der Waals surface area contributed by atoms with Gasteiger partial charge in [0, 0.05) is 30.5 Å². The average molecular weight is 287 g/mol. The van der Waals surface area contributed by atoms with Crippen LogP contribution >= 0.6 is 11.8 Å². The second-order valence-electron chi connectivity index (χ2n) is 4.82. The molecule has 1 rings (SSSR count). The van der Waals surface area contributed by atoms with Gasteiger partial charge < -0.3 is 4.90 Å². The second-order valence-corrected chi connectivity index (χ2v) is 7.42. The van der Waals surface area contributed by atoms with Crippen LogP contribution in [0.3, 0.4) is 0 Å². The first kappa shape index (κ1) is 15.8. The largest absolute Gasteiger partial charge is 0.372 e. The summed E-state index contributed by atoms with van der Waals surface area (Å²) in [4.78, 5) is 2.06. The summed E-state index contributed by atoms with van der Waals surface area (Å²) in [5.41, 5.74) is 0. The van der Waals surface area contributed by atoms with Crippen LogP contribution in [0.2, 0.25) is 0 Å². The first-order valence-corrected chi connectivity index (χ1v) is 8.93. The monoisotopic (exact) mass is 287 g/mol. The molecule has 0 N–H and O–H groups in total. The molecule has 0 spiro atoms. The van der Waals surface area contributed by atoms with Gasteiger partial charge in [-0.3, -0.25) is 4.21 Å². The maximum Gasteiger partial charge on any atom is 0.0795 e. The van der Waals surface area contributed by atoms with Gasteiger partial charge >= 0.3 is 0 Å². The standard InChI is InChI=1S/C14H25NOS2/c1-4-5-11-17-14(15(2)3)12-18(16)13-9-7-6-8-10-13/h4-5,12-13H,6-11H2,1-3H3/b5-4-,14-12-. The lowest BCUT2D eigenvalue weighted by molar-refractivity contribution is 0.506. The number of hydrogen-bond acceptors (Lipinski definition) is 3. The van der Waals surface area contributed by atoms with Crippen LogP contribution in [-0.2, 0) is 10.8 Å². The molecule has 2 nitrogen and oxygen atoms in total. The molecule has 0 aromatic heterocycles. The molecular formula is C14H25NOS2. The Labute approximate surface area is 118 Å². The van der Waals surface area contributed by atoms with Crippen LogP contribution in [0.1, 0.15) is 39.0 Å². The molecule has 0 amide bonds. The molecule has 0 bridgehead atoms. The zero-order valence-corrected chi connectivity index (χ0v) is 13.4. The van der Waals surface area contributed by atoms with Crippen molar-refractivity contribution in [2.45, 2.75) is 44.3 Å². The summed E-state index contributed by atoms with van der Waals surface area (Å²) in [5.74, 6) is 0.947. The summed E-state index contributed by atoms with van der Waals surface area (Å²) in [6, 6.07) is 0. The van der Waals surface area contributed by atoms with Gasteiger partial charge in [-0.05, 0) is 19.8 Å². The molecule has 0 aromatic carbocycles. The normalized spacial score (nSPS) is 20.3. The van der Waals surface area contributed by atoms with E-state index in [1.807, 2.05) is 26.4 Å². The lowest BCUT2D eigenvalue weighted by Gasteiger charge is -2.21. The van der Waals surface area contributed by atoms with Crippen LogP contribution < -0.4 is 0 Å². The fourth-order valence-electron chi connectivity index (χ4n) is 1.99. The first-order chi connectivity index (χ1) is 8.65. The van der Waals surface area contributed by atoms with Crippen molar-refractivity contribution in [2.75, 3.05) is 19.8 Å². The van der Waals surface area contributed by atoms with Gasteiger partial charge in [0.15, 0.2) is 0 Å². The van der Waals surface area contributed by atoms with E-state index in [9.17, 15) is 4.21 Å². The molecule has 1 saturated carbocycles. The van der Waals surface area contributed by atoms with Gasteiger partial charge in [-0.15, -0.1) is 11.8 Å². The van der Waals surface area contributed by atoms with Crippen LogP contribution in [0.5, 0.6) is 0 Å². The van der Waals surface area contributed by atoms with Crippen LogP contribution in [0.15, 0.2) is 22.6 Å². The van der Waals surface area contributed by atoms with E-state index in [1.54, 1.807) is 11.8 Å². The molecule has 18 heavy (non-hydrogen) atoms. The lowest BCUT2D eigenvalue weighted by Crippen LogP contribution is -2.18. The Morgan fingerprint density at radius 3 is 2.56 bits per heavy atom. The Hall–Kier alpha value is -0.220. The molecule has 0 aliphatic heterocycles. The van der Waals surface area contributed by atoms with E-state index in [2.05, 4.69) is 17.1 Å². The van der Waals surface area contributed by atoms with E-state index in [4.69, 9.17) is 0 Å². The number of rotatable bonds is 6. The summed E-state index contributed by atoms with van der Waals surface area (Å²) in [6.45, 7) is 2.03. The van der Waals surface area contributed by atoms with Crippen LogP contribution in [0.4, 0.5) is 0 Å². The van der Waals surface area contributed by atoms with Crippen LogP contribution in [0.25, 0.3) is 0 Å². The highest BCUT2D eigenvalue weighted by Gasteiger charge is 2.19. The number of thioether (sulfide) groups is 1. The maximum atomic E-state index is 12.3. The SMILES string of the molecule is C/C=C\CS/C(=C\S(=O)C1CCCCC1)N(C)C. The molecule has 1 atom stereocenters. The Morgan fingerprint density at radius 2 is 2.00 bits per heavy atom. The minimum Gasteiger partial charge on any atom is -0.372 e. The van der Waals surface area contributed by atoms with Gasteiger partial charge in [0.05, 0.1) is 15.8 Å². The van der Waals surface area contributed by atoms with Gasteiger partial charge in [-0.1, -0.05) is 31.4 Å². The van der Waals surface area contributed by atoms with E-state index in [1.165, 1.54) is 19.3 Å². The fourth-order valence-corrected chi connectivity index (χ4v) is 4.67. The summed E-state index contributed by atoms with van der Waals surface area (Å²) in [6.07, 6.45) is 10.2. The van der Waals surface area contributed by atoms with Crippen LogP contribution in [-0.4, -0.2) is 34.2 Å². The zero-order valence-electron chi connectivity index (χ0n) is 11.7. The van der Waals surface area contributed by atoms with Crippen molar-refractivity contribution < 1.29 is 4.21 Å². The average Bonchev–Trinajstić information content (AvgIpc) is 2.38. The molecule has 104 valence electrons. The molecule has 0 radical (unpaired) electrons. The van der Waals surface area contributed by atoms with E-state index in [0.29, 0.717) is 5.25 Å². The van der Waals surface area contributed by atoms with Gasteiger partial charge in [-0.2, -0.15) is 0 Å². The first-order valence-electron chi connectivity index (χ1n) is 6.67. The van der Waals surface area contributed by atoms with E-state index in [-0.39, 0.29) is 0 Å². The molecule has 0 aromatic rings. The zero-order chi connectivity index (χ0) is 13.4. The fraction of sp³-hybridized carbons (Fsp3) is 0.714. The Balaban J connectivity index is 2.59. The van der Waals surface area contributed by atoms with Crippen LogP contribution in [0, 0.1) is 0 Å². The van der Waals surface area contributed by atoms with E-state index in [0.717, 1.165) is 23.6 Å². The predicted octanol–water partition coefficient (Wildman–Crippen LogP) is 3.74. The highest BCUT2D eigenvalue weighted by Crippen LogP contribution is 2.25. The van der Waals surface area contributed by atoms with Crippen molar-refractivity contribution in [3.05, 3.63) is 22.6 Å². The van der Waals surface area contributed by atoms with E-state index >= 15 is 0 Å². The van der Waals surface area contributed by atoms with Gasteiger partial charge in [-0.25, -0.2) is 0 Å². The van der Waals surface area contributed by atoms with Crippen molar-refractivity contribution in [1.82, 2.24) is 4.90 Å². The Bertz CT molecular complexity index is 318. The van der Waals surface area contributed by atoms with Gasteiger partial charge in [0.25, 0.3) is 0 Å². The topological polar surface area (TPSA) is 20.3 Å². The molecule has 0 heterocycles.